The molecule has 29 heavy (non-hydrogen) atoms. The molecule has 150 valence electrons. The Hall–Kier alpha value is -2.55. The summed E-state index contributed by atoms with van der Waals surface area (Å²) < 4.78 is 5.87. The van der Waals surface area contributed by atoms with Crippen LogP contribution in [0.15, 0.2) is 66.7 Å². The van der Waals surface area contributed by atoms with Crippen LogP contribution in [0, 0.1) is 13.8 Å². The minimum Gasteiger partial charge on any atom is -0.494 e. The van der Waals surface area contributed by atoms with E-state index in [0.29, 0.717) is 6.61 Å². The van der Waals surface area contributed by atoms with Gasteiger partial charge in [-0.3, -0.25) is 0 Å². The second-order valence-electron chi connectivity index (χ2n) is 7.28. The average molecular weight is 407 g/mol. The number of allylic oxidation sites excluding steroid dienone is 1. The van der Waals surface area contributed by atoms with Crippen LogP contribution in [-0.2, 0) is 6.61 Å². The third-order valence-electron chi connectivity index (χ3n) is 5.03. The third-order valence-corrected chi connectivity index (χ3v) is 5.27. The van der Waals surface area contributed by atoms with Crippen molar-refractivity contribution in [2.45, 2.75) is 33.3 Å². The molecule has 3 aromatic carbocycles. The molecule has 0 bridgehead atoms. The van der Waals surface area contributed by atoms with Gasteiger partial charge in [-0.1, -0.05) is 60.1 Å². The maximum atomic E-state index is 9.13. The molecule has 0 amide bonds. The summed E-state index contributed by atoms with van der Waals surface area (Å²) in [5, 5.41) is 9.87. The van der Waals surface area contributed by atoms with Crippen molar-refractivity contribution in [3.63, 3.8) is 0 Å². The molecule has 3 aromatic rings. The van der Waals surface area contributed by atoms with Gasteiger partial charge in [0.05, 0.1) is 13.2 Å². The quantitative estimate of drug-likeness (QED) is 0.327. The minimum atomic E-state index is 0.0482. The molecule has 0 fully saturated rings. The Kier molecular flexibility index (Phi) is 7.51. The smallest absolute Gasteiger partial charge is 0.119 e. The van der Waals surface area contributed by atoms with Crippen molar-refractivity contribution in [1.82, 2.24) is 0 Å². The van der Waals surface area contributed by atoms with Crippen molar-refractivity contribution >= 4 is 23.3 Å². The van der Waals surface area contributed by atoms with E-state index >= 15 is 0 Å². The predicted octanol–water partition coefficient (Wildman–Crippen LogP) is 6.85. The van der Waals surface area contributed by atoms with Gasteiger partial charge in [-0.15, -0.1) is 0 Å². The molecule has 0 aromatic heterocycles. The van der Waals surface area contributed by atoms with Crippen molar-refractivity contribution in [3.05, 3.63) is 99.6 Å². The molecule has 1 N–H and O–H groups in total. The fourth-order valence-electron chi connectivity index (χ4n) is 3.19. The monoisotopic (exact) mass is 406 g/mol. The highest BCUT2D eigenvalue weighted by atomic mass is 35.5. The van der Waals surface area contributed by atoms with Crippen LogP contribution in [-0.4, -0.2) is 11.7 Å². The summed E-state index contributed by atoms with van der Waals surface area (Å²) in [7, 11) is 0. The molecule has 3 rings (SSSR count). The maximum absolute atomic E-state index is 9.13. The van der Waals surface area contributed by atoms with Crippen LogP contribution >= 0.6 is 11.6 Å². The van der Waals surface area contributed by atoms with E-state index in [4.69, 9.17) is 21.4 Å². The molecule has 0 saturated heterocycles. The number of halogens is 1. The van der Waals surface area contributed by atoms with E-state index in [1.165, 1.54) is 22.3 Å². The third kappa shape index (κ3) is 6.22. The van der Waals surface area contributed by atoms with E-state index in [1.54, 1.807) is 0 Å². The molecule has 3 heteroatoms. The topological polar surface area (TPSA) is 29.5 Å². The van der Waals surface area contributed by atoms with E-state index in [0.717, 1.165) is 34.7 Å². The second-order valence-corrected chi connectivity index (χ2v) is 7.71. The summed E-state index contributed by atoms with van der Waals surface area (Å²) in [4.78, 5) is 0. The van der Waals surface area contributed by atoms with Gasteiger partial charge in [-0.05, 0) is 84.3 Å². The van der Waals surface area contributed by atoms with Crippen molar-refractivity contribution in [2.75, 3.05) is 6.61 Å². The highest BCUT2D eigenvalue weighted by Gasteiger charge is 2.05. The molecular formula is C26H27ClO2. The molecule has 0 aliphatic carbocycles. The van der Waals surface area contributed by atoms with E-state index in [1.807, 2.05) is 42.5 Å². The molecule has 0 radical (unpaired) electrons. The summed E-state index contributed by atoms with van der Waals surface area (Å²) in [6.45, 7) is 4.95. The number of benzene rings is 3. The molecule has 0 unspecified atom stereocenters. The Morgan fingerprint density at radius 3 is 2.45 bits per heavy atom. The second kappa shape index (κ2) is 10.3. The Balaban J connectivity index is 1.71. The van der Waals surface area contributed by atoms with Crippen LogP contribution in [0.3, 0.4) is 0 Å². The number of aryl methyl sites for hydroxylation is 2. The lowest BCUT2D eigenvalue weighted by molar-refractivity contribution is 0.281. The van der Waals surface area contributed by atoms with Crippen molar-refractivity contribution in [1.29, 1.82) is 0 Å². The summed E-state index contributed by atoms with van der Waals surface area (Å²) in [6.07, 6.45) is 4.03. The molecule has 0 spiro atoms. The normalized spacial score (nSPS) is 11.5. The molecule has 0 heterocycles. The first-order valence-electron chi connectivity index (χ1n) is 9.91. The molecule has 0 aliphatic rings. The van der Waals surface area contributed by atoms with Gasteiger partial charge < -0.3 is 9.84 Å². The molecule has 0 saturated carbocycles. The Morgan fingerprint density at radius 1 is 0.966 bits per heavy atom. The van der Waals surface area contributed by atoms with Gasteiger partial charge in [0.1, 0.15) is 5.75 Å². The molecule has 0 atom stereocenters. The van der Waals surface area contributed by atoms with Crippen LogP contribution in [0.5, 0.6) is 5.75 Å². The van der Waals surface area contributed by atoms with Gasteiger partial charge in [0, 0.05) is 5.02 Å². The molecular weight excluding hydrogens is 380 g/mol. The fourth-order valence-corrected chi connectivity index (χ4v) is 3.38. The highest BCUT2D eigenvalue weighted by Crippen LogP contribution is 2.26. The zero-order valence-corrected chi connectivity index (χ0v) is 17.7. The zero-order chi connectivity index (χ0) is 20.6. The number of aliphatic hydroxyl groups is 1. The maximum Gasteiger partial charge on any atom is 0.119 e. The number of rotatable bonds is 8. The minimum absolute atomic E-state index is 0.0482. The van der Waals surface area contributed by atoms with Crippen molar-refractivity contribution < 1.29 is 9.84 Å². The van der Waals surface area contributed by atoms with E-state index in [2.05, 4.69) is 44.2 Å². The van der Waals surface area contributed by atoms with Crippen LogP contribution in [0.1, 0.15) is 40.7 Å². The molecule has 2 nitrogen and oxygen atoms in total. The van der Waals surface area contributed by atoms with Crippen LogP contribution in [0.4, 0.5) is 0 Å². The summed E-state index contributed by atoms with van der Waals surface area (Å²) in [6, 6.07) is 22.1. The SMILES string of the molecule is Cc1ccc(C=C(CCCOc2ccc(CO)cc2)c2cccc(Cl)c2)cc1C. The first kappa shape index (κ1) is 21.2. The number of aliphatic hydroxyl groups excluding tert-OH is 1. The Labute approximate surface area is 178 Å². The average Bonchev–Trinajstić information content (AvgIpc) is 2.73. The van der Waals surface area contributed by atoms with Crippen molar-refractivity contribution in [3.8, 4) is 5.75 Å². The first-order valence-corrected chi connectivity index (χ1v) is 10.3. The van der Waals surface area contributed by atoms with E-state index in [-0.39, 0.29) is 6.61 Å². The Morgan fingerprint density at radius 2 is 1.76 bits per heavy atom. The highest BCUT2D eigenvalue weighted by molar-refractivity contribution is 6.30. The lowest BCUT2D eigenvalue weighted by Gasteiger charge is -2.11. The van der Waals surface area contributed by atoms with Crippen LogP contribution in [0.2, 0.25) is 5.02 Å². The van der Waals surface area contributed by atoms with Gasteiger partial charge in [-0.25, -0.2) is 0 Å². The zero-order valence-electron chi connectivity index (χ0n) is 17.0. The predicted molar refractivity (Wildman–Crippen MR) is 122 cm³/mol. The fraction of sp³-hybridized carbons (Fsp3) is 0.231. The van der Waals surface area contributed by atoms with Crippen molar-refractivity contribution in [2.24, 2.45) is 0 Å². The molecule has 0 aliphatic heterocycles. The summed E-state index contributed by atoms with van der Waals surface area (Å²) in [5.74, 6) is 0.824. The lowest BCUT2D eigenvalue weighted by Crippen LogP contribution is -1.98. The van der Waals surface area contributed by atoms with Crippen LogP contribution in [0.25, 0.3) is 11.6 Å². The van der Waals surface area contributed by atoms with Gasteiger partial charge in [0.2, 0.25) is 0 Å². The largest absolute Gasteiger partial charge is 0.494 e. The van der Waals surface area contributed by atoms with Gasteiger partial charge in [0.25, 0.3) is 0 Å². The van der Waals surface area contributed by atoms with Crippen LogP contribution < -0.4 is 4.74 Å². The lowest BCUT2D eigenvalue weighted by atomic mass is 9.97. The summed E-state index contributed by atoms with van der Waals surface area (Å²) in [5.41, 5.74) is 7.06. The Bertz CT molecular complexity index is 974. The van der Waals surface area contributed by atoms with Gasteiger partial charge >= 0.3 is 0 Å². The number of ether oxygens (including phenoxy) is 1. The standard InChI is InChI=1S/C26H27ClO2/c1-19-8-9-22(15-20(19)2)16-23(24-5-3-7-25(27)17-24)6-4-14-29-26-12-10-21(18-28)11-13-26/h3,5,7-13,15-17,28H,4,6,14,18H2,1-2H3. The number of hydrogen-bond acceptors (Lipinski definition) is 2. The van der Waals surface area contributed by atoms with E-state index in [9.17, 15) is 0 Å². The number of hydrogen-bond donors (Lipinski definition) is 1. The first-order chi connectivity index (χ1) is 14.0. The van der Waals surface area contributed by atoms with Gasteiger partial charge in [-0.2, -0.15) is 0 Å². The van der Waals surface area contributed by atoms with Gasteiger partial charge in [0.15, 0.2) is 0 Å². The summed E-state index contributed by atoms with van der Waals surface area (Å²) >= 11 is 6.23. The van der Waals surface area contributed by atoms with E-state index < -0.39 is 0 Å².